The minimum atomic E-state index is -0.168. The molecule has 4 rings (SSSR count). The fourth-order valence-electron chi connectivity index (χ4n) is 2.98. The summed E-state index contributed by atoms with van der Waals surface area (Å²) in [6.45, 7) is 0. The second-order valence-corrected chi connectivity index (χ2v) is 6.41. The minimum Gasteiger partial charge on any atom is -0.454 e. The molecule has 0 spiro atoms. The molecule has 1 amide bonds. The van der Waals surface area contributed by atoms with Crippen molar-refractivity contribution in [3.63, 3.8) is 0 Å². The summed E-state index contributed by atoms with van der Waals surface area (Å²) in [5.41, 5.74) is 9.28. The summed E-state index contributed by atoms with van der Waals surface area (Å²) in [4.78, 5) is 16.3. The van der Waals surface area contributed by atoms with E-state index in [0.29, 0.717) is 28.3 Å². The van der Waals surface area contributed by atoms with Gasteiger partial charge >= 0.3 is 0 Å². The Labute approximate surface area is 161 Å². The second-order valence-electron chi connectivity index (χ2n) is 6.41. The zero-order valence-electron chi connectivity index (χ0n) is 15.0. The van der Waals surface area contributed by atoms with Crippen molar-refractivity contribution in [1.29, 1.82) is 5.41 Å². The Morgan fingerprint density at radius 3 is 2.75 bits per heavy atom. The smallest absolute Gasteiger partial charge is 0.228 e. The topological polar surface area (TPSA) is 105 Å². The van der Waals surface area contributed by atoms with Gasteiger partial charge in [-0.25, -0.2) is 0 Å². The van der Waals surface area contributed by atoms with Gasteiger partial charge < -0.3 is 15.5 Å². The Bertz CT molecular complexity index is 1130. The Hall–Kier alpha value is -3.93. The van der Waals surface area contributed by atoms with Crippen LogP contribution in [0.5, 0.6) is 0 Å². The Kier molecular flexibility index (Phi) is 4.60. The van der Waals surface area contributed by atoms with Crippen LogP contribution in [0.3, 0.4) is 0 Å². The number of amides is 1. The molecule has 0 saturated heterocycles. The molecule has 4 aromatic rings. The maximum absolute atomic E-state index is 12.3. The molecular formula is C22H18N4O2. The third kappa shape index (κ3) is 3.61. The lowest BCUT2D eigenvalue weighted by atomic mass is 10.0. The van der Waals surface area contributed by atoms with E-state index in [4.69, 9.17) is 15.6 Å². The number of carbonyl (C=O) groups is 1. The monoisotopic (exact) mass is 370 g/mol. The van der Waals surface area contributed by atoms with E-state index >= 15 is 0 Å². The van der Waals surface area contributed by atoms with Gasteiger partial charge in [-0.3, -0.25) is 15.2 Å². The summed E-state index contributed by atoms with van der Waals surface area (Å²) < 4.78 is 5.76. The predicted octanol–water partition coefficient (Wildman–Crippen LogP) is 4.01. The van der Waals surface area contributed by atoms with E-state index in [0.717, 1.165) is 10.9 Å². The van der Waals surface area contributed by atoms with Crippen LogP contribution in [0.25, 0.3) is 11.0 Å². The highest BCUT2D eigenvalue weighted by Crippen LogP contribution is 2.25. The van der Waals surface area contributed by atoms with E-state index in [9.17, 15) is 4.79 Å². The van der Waals surface area contributed by atoms with E-state index < -0.39 is 0 Å². The molecule has 2 heterocycles. The average molecular weight is 370 g/mol. The van der Waals surface area contributed by atoms with Crippen molar-refractivity contribution >= 4 is 34.0 Å². The predicted molar refractivity (Wildman–Crippen MR) is 110 cm³/mol. The summed E-state index contributed by atoms with van der Waals surface area (Å²) in [6.07, 6.45) is 3.54. The molecule has 0 radical (unpaired) electrons. The number of anilines is 2. The number of benzene rings is 2. The van der Waals surface area contributed by atoms with Crippen LogP contribution in [0.2, 0.25) is 0 Å². The molecule has 6 heteroatoms. The lowest BCUT2D eigenvalue weighted by Gasteiger charge is -2.10. The molecule has 0 bridgehead atoms. The van der Waals surface area contributed by atoms with Gasteiger partial charge in [-0.2, -0.15) is 0 Å². The van der Waals surface area contributed by atoms with Gasteiger partial charge in [-0.05, 0) is 42.0 Å². The number of para-hydroxylation sites is 1. The average Bonchev–Trinajstić information content (AvgIpc) is 3.14. The lowest BCUT2D eigenvalue weighted by molar-refractivity contribution is -0.115. The highest BCUT2D eigenvalue weighted by Gasteiger charge is 2.15. The highest BCUT2D eigenvalue weighted by atomic mass is 16.3. The number of rotatable bonds is 5. The Balaban J connectivity index is 1.56. The minimum absolute atomic E-state index is 0.164. The van der Waals surface area contributed by atoms with Crippen molar-refractivity contribution in [2.75, 3.05) is 11.1 Å². The number of nitrogens with two attached hydrogens (primary N) is 1. The molecular weight excluding hydrogens is 352 g/mol. The number of carbonyl (C=O) groups excluding carboxylic acids is 1. The molecule has 2 aromatic carbocycles. The van der Waals surface area contributed by atoms with Crippen LogP contribution in [-0.2, 0) is 11.2 Å². The van der Waals surface area contributed by atoms with Gasteiger partial charge in [-0.1, -0.05) is 24.3 Å². The Morgan fingerprint density at radius 1 is 1.11 bits per heavy atom. The van der Waals surface area contributed by atoms with Gasteiger partial charge in [0.05, 0.1) is 6.42 Å². The van der Waals surface area contributed by atoms with Gasteiger partial charge in [0.1, 0.15) is 11.3 Å². The van der Waals surface area contributed by atoms with Crippen molar-refractivity contribution in [2.45, 2.75) is 6.42 Å². The van der Waals surface area contributed by atoms with E-state index in [2.05, 4.69) is 10.3 Å². The summed E-state index contributed by atoms with van der Waals surface area (Å²) in [5, 5.41) is 12.3. The second kappa shape index (κ2) is 7.36. The first-order valence-corrected chi connectivity index (χ1v) is 8.76. The van der Waals surface area contributed by atoms with Crippen LogP contribution in [0.15, 0.2) is 77.5 Å². The van der Waals surface area contributed by atoms with E-state index in [1.54, 1.807) is 36.7 Å². The van der Waals surface area contributed by atoms with E-state index in [1.165, 1.54) is 0 Å². The number of pyridine rings is 1. The molecule has 28 heavy (non-hydrogen) atoms. The molecule has 0 saturated carbocycles. The third-order valence-electron chi connectivity index (χ3n) is 4.37. The first kappa shape index (κ1) is 17.5. The zero-order chi connectivity index (χ0) is 19.5. The molecule has 4 N–H and O–H groups in total. The molecule has 0 unspecified atom stereocenters. The van der Waals surface area contributed by atoms with Crippen molar-refractivity contribution in [3.05, 3.63) is 89.9 Å². The number of nitrogens with zero attached hydrogens (tertiary/aromatic N) is 1. The van der Waals surface area contributed by atoms with Crippen molar-refractivity contribution in [1.82, 2.24) is 4.98 Å². The molecule has 138 valence electrons. The van der Waals surface area contributed by atoms with Crippen molar-refractivity contribution < 1.29 is 9.21 Å². The molecule has 0 aliphatic carbocycles. The maximum Gasteiger partial charge on any atom is 0.228 e. The standard InChI is InChI=1S/C22H18N4O2/c23-18-8-7-16(26-21(27)10-14-4-3-9-25-13-14)12-17(18)22(24)20-11-15-5-1-2-6-19(15)28-20/h1-9,11-13,24H,10,23H2,(H,26,27). The van der Waals surface area contributed by atoms with Gasteiger partial charge in [0.2, 0.25) is 5.91 Å². The van der Waals surface area contributed by atoms with E-state index in [-0.39, 0.29) is 18.0 Å². The maximum atomic E-state index is 12.3. The first-order chi connectivity index (χ1) is 13.6. The number of aromatic nitrogens is 1. The summed E-state index contributed by atoms with van der Waals surface area (Å²) >= 11 is 0. The van der Waals surface area contributed by atoms with Crippen LogP contribution in [0, 0.1) is 5.41 Å². The summed E-state index contributed by atoms with van der Waals surface area (Å²) in [5.74, 6) is 0.255. The van der Waals surface area contributed by atoms with Crippen LogP contribution in [0.4, 0.5) is 11.4 Å². The number of furan rings is 1. The number of fused-ring (bicyclic) bond motifs is 1. The van der Waals surface area contributed by atoms with Crippen LogP contribution in [-0.4, -0.2) is 16.6 Å². The van der Waals surface area contributed by atoms with Crippen LogP contribution in [0.1, 0.15) is 16.9 Å². The molecule has 0 aliphatic heterocycles. The molecule has 0 fully saturated rings. The molecule has 6 nitrogen and oxygen atoms in total. The zero-order valence-corrected chi connectivity index (χ0v) is 15.0. The summed E-state index contributed by atoms with van der Waals surface area (Å²) in [6, 6.07) is 18.1. The fourth-order valence-corrected chi connectivity index (χ4v) is 2.98. The van der Waals surface area contributed by atoms with E-state index in [1.807, 2.05) is 36.4 Å². The van der Waals surface area contributed by atoms with Crippen molar-refractivity contribution in [3.8, 4) is 0 Å². The normalized spacial score (nSPS) is 10.7. The van der Waals surface area contributed by atoms with Gasteiger partial charge in [-0.15, -0.1) is 0 Å². The Morgan fingerprint density at radius 2 is 1.96 bits per heavy atom. The SMILES string of the molecule is N=C(c1cc2ccccc2o1)c1cc(NC(=O)Cc2cccnc2)ccc1N. The number of nitrogens with one attached hydrogen (secondary N) is 2. The number of nitrogen functional groups attached to an aromatic ring is 1. The molecule has 0 atom stereocenters. The quantitative estimate of drug-likeness (QED) is 0.365. The van der Waals surface area contributed by atoms with Crippen LogP contribution < -0.4 is 11.1 Å². The van der Waals surface area contributed by atoms with Gasteiger partial charge in [0, 0.05) is 34.7 Å². The number of hydrogen-bond acceptors (Lipinski definition) is 5. The highest BCUT2D eigenvalue weighted by molar-refractivity contribution is 6.14. The van der Waals surface area contributed by atoms with Crippen molar-refractivity contribution in [2.24, 2.45) is 0 Å². The van der Waals surface area contributed by atoms with Crippen LogP contribution >= 0.6 is 0 Å². The molecule has 2 aromatic heterocycles. The largest absolute Gasteiger partial charge is 0.454 e. The lowest BCUT2D eigenvalue weighted by Crippen LogP contribution is -2.15. The third-order valence-corrected chi connectivity index (χ3v) is 4.37. The first-order valence-electron chi connectivity index (χ1n) is 8.76. The van der Waals surface area contributed by atoms with Gasteiger partial charge in [0.15, 0.2) is 5.76 Å². The molecule has 0 aliphatic rings. The van der Waals surface area contributed by atoms with Gasteiger partial charge in [0.25, 0.3) is 0 Å². The number of hydrogen-bond donors (Lipinski definition) is 3. The summed E-state index contributed by atoms with van der Waals surface area (Å²) in [7, 11) is 0. The fraction of sp³-hybridized carbons (Fsp3) is 0.0455.